The van der Waals surface area contributed by atoms with Crippen molar-refractivity contribution in [2.45, 2.75) is 98.5 Å². The highest BCUT2D eigenvalue weighted by Gasteiger charge is 2.52. The maximum absolute atomic E-state index is 15.5. The van der Waals surface area contributed by atoms with Crippen molar-refractivity contribution in [1.29, 1.82) is 5.53 Å². The van der Waals surface area contributed by atoms with E-state index < -0.39 is 87.2 Å². The Morgan fingerprint density at radius 1 is 0.825 bits per heavy atom. The molecule has 328 valence electrons. The van der Waals surface area contributed by atoms with Gasteiger partial charge in [-0.05, 0) is 82.5 Å². The van der Waals surface area contributed by atoms with Gasteiger partial charge in [-0.3, -0.25) is 9.36 Å². The predicted molar refractivity (Wildman–Crippen MR) is 194 cm³/mol. The van der Waals surface area contributed by atoms with E-state index >= 15 is 8.78 Å². The Balaban J connectivity index is 0.000000499. The summed E-state index contributed by atoms with van der Waals surface area (Å²) in [6.07, 6.45) is -4.37. The minimum absolute atomic E-state index is 0.0652. The molecule has 2 atom stereocenters. The molecule has 4 rings (SSSR count). The SMILES string of the molecule is CO.Cn1cc(S(=O)(=O)[C@](C)(F)C2CCN(C(=O)OC(C)(C)C)CC2)c(C(F)F)n1.Cn1cc(S(=O)(=O)[C@](C)(F)C2CCN(Cl)CC2)c(C(F)F)n1.N=NN=NCl. The molecule has 0 saturated carbocycles. The number of aryl methyl sites for hydroxylation is 2. The summed E-state index contributed by atoms with van der Waals surface area (Å²) in [6, 6.07) is 0. The summed E-state index contributed by atoms with van der Waals surface area (Å²) in [4.78, 5) is 11.9. The number of aliphatic hydroxyl groups excluding tert-OH is 1. The van der Waals surface area contributed by atoms with Crippen LogP contribution in [-0.4, -0.2) is 106 Å². The average molecular weight is 910 g/mol. The second-order valence-corrected chi connectivity index (χ2v) is 19.0. The van der Waals surface area contributed by atoms with E-state index in [1.165, 1.54) is 23.4 Å². The van der Waals surface area contributed by atoms with Crippen molar-refractivity contribution >= 4 is 49.3 Å². The van der Waals surface area contributed by atoms with Gasteiger partial charge in [-0.2, -0.15) is 15.7 Å². The van der Waals surface area contributed by atoms with Gasteiger partial charge in [0.1, 0.15) is 26.8 Å². The van der Waals surface area contributed by atoms with Gasteiger partial charge in [0.25, 0.3) is 12.9 Å². The number of sulfone groups is 2. The number of hydrogen-bond donors (Lipinski definition) is 2. The lowest BCUT2D eigenvalue weighted by Crippen LogP contribution is -2.48. The van der Waals surface area contributed by atoms with Crippen molar-refractivity contribution in [1.82, 2.24) is 28.9 Å². The second-order valence-electron chi connectivity index (χ2n) is 13.9. The standard InChI is InChI=1S/C17H26F3N3O4S.C12H17ClF3N3O2S.CH4O.ClHN4/c1-16(2,3)27-15(24)23-8-6-11(7-9-23)17(4,20)28(25,26)12-10-22(5)21-13(12)14(18)19;1-12(16,8-3-5-19(13)6-4-8)22(20,21)9-7-18(2)17-10(9)11(14)15;1-2;1-3-5-4-2/h10-11,14H,6-9H2,1-5H3;7-8,11H,3-6H2,1-2H3;2H,1H3;2H/t17-;12-;;/m00../s1. The zero-order valence-corrected chi connectivity index (χ0v) is 35.5. The van der Waals surface area contributed by atoms with E-state index in [4.69, 9.17) is 27.2 Å². The molecule has 2 fully saturated rings. The number of likely N-dealkylation sites (tertiary alicyclic amines) is 1. The average Bonchev–Trinajstić information content (AvgIpc) is 3.73. The minimum atomic E-state index is -4.72. The summed E-state index contributed by atoms with van der Waals surface area (Å²) >= 11 is 10.3. The molecule has 2 aliphatic heterocycles. The van der Waals surface area contributed by atoms with Gasteiger partial charge in [0.05, 0.1) is 11.8 Å². The van der Waals surface area contributed by atoms with Gasteiger partial charge in [-0.1, -0.05) is 4.63 Å². The zero-order valence-electron chi connectivity index (χ0n) is 32.4. The van der Waals surface area contributed by atoms with E-state index in [0.29, 0.717) is 13.1 Å². The number of ether oxygens (including phenoxy) is 1. The summed E-state index contributed by atoms with van der Waals surface area (Å²) < 4.78 is 145. The summed E-state index contributed by atoms with van der Waals surface area (Å²) in [5.41, 5.74) is 3.32. The van der Waals surface area contributed by atoms with Crippen LogP contribution in [0.4, 0.5) is 31.1 Å². The van der Waals surface area contributed by atoms with Gasteiger partial charge in [-0.15, -0.1) is 0 Å². The summed E-state index contributed by atoms with van der Waals surface area (Å²) in [5.74, 6) is -1.76. The summed E-state index contributed by atoms with van der Waals surface area (Å²) in [6.45, 7) is 7.89. The molecule has 27 heteroatoms. The quantitative estimate of drug-likeness (QED) is 0.111. The van der Waals surface area contributed by atoms with Crippen LogP contribution in [0.5, 0.6) is 0 Å². The van der Waals surface area contributed by atoms with Crippen LogP contribution >= 0.6 is 23.6 Å². The van der Waals surface area contributed by atoms with E-state index in [0.717, 1.165) is 42.7 Å². The molecule has 0 aliphatic carbocycles. The van der Waals surface area contributed by atoms with E-state index in [9.17, 15) is 39.2 Å². The molecular formula is C30H48Cl2F6N10O7S2. The highest BCUT2D eigenvalue weighted by molar-refractivity contribution is 7.93. The fraction of sp³-hybridized carbons (Fsp3) is 0.767. The first-order chi connectivity index (χ1) is 26.1. The largest absolute Gasteiger partial charge is 0.444 e. The number of aliphatic hydroxyl groups is 1. The highest BCUT2D eigenvalue weighted by atomic mass is 35.5. The second kappa shape index (κ2) is 21.2. The van der Waals surface area contributed by atoms with E-state index in [2.05, 4.69) is 37.1 Å². The molecule has 2 aromatic heterocycles. The van der Waals surface area contributed by atoms with E-state index in [-0.39, 0.29) is 38.8 Å². The molecule has 0 aromatic carbocycles. The maximum Gasteiger partial charge on any atom is 0.410 e. The lowest BCUT2D eigenvalue weighted by Gasteiger charge is -2.37. The first kappa shape index (κ1) is 51.9. The van der Waals surface area contributed by atoms with Crippen molar-refractivity contribution in [2.75, 3.05) is 33.3 Å². The molecule has 0 bridgehead atoms. The highest BCUT2D eigenvalue weighted by Crippen LogP contribution is 2.43. The smallest absolute Gasteiger partial charge is 0.410 e. The lowest BCUT2D eigenvalue weighted by atomic mass is 9.92. The summed E-state index contributed by atoms with van der Waals surface area (Å²) in [7, 11) is -5.72. The fourth-order valence-electron chi connectivity index (χ4n) is 5.84. The third kappa shape index (κ3) is 13.2. The number of nitrogens with zero attached hydrogens (tertiary/aromatic N) is 9. The van der Waals surface area contributed by atoms with E-state index in [1.807, 2.05) is 0 Å². The summed E-state index contributed by atoms with van der Waals surface area (Å²) in [5, 5.41) is 13.5. The van der Waals surface area contributed by atoms with Gasteiger partial charge >= 0.3 is 6.09 Å². The number of alkyl halides is 6. The predicted octanol–water partition coefficient (Wildman–Crippen LogP) is 7.29. The van der Waals surface area contributed by atoms with Crippen LogP contribution in [0.1, 0.15) is 84.5 Å². The molecule has 4 heterocycles. The Morgan fingerprint density at radius 3 is 1.46 bits per heavy atom. The molecule has 2 aromatic rings. The molecule has 1 amide bonds. The Labute approximate surface area is 337 Å². The van der Waals surface area contributed by atoms with Gasteiger partial charge in [0.15, 0.2) is 0 Å². The van der Waals surface area contributed by atoms with Gasteiger partial charge < -0.3 is 14.7 Å². The molecular weight excluding hydrogens is 861 g/mol. The van der Waals surface area contributed by atoms with Crippen LogP contribution in [0.2, 0.25) is 0 Å². The van der Waals surface area contributed by atoms with Crippen molar-refractivity contribution < 1.29 is 57.8 Å². The van der Waals surface area contributed by atoms with Crippen LogP contribution in [-0.2, 0) is 38.5 Å². The monoisotopic (exact) mass is 908 g/mol. The van der Waals surface area contributed by atoms with Crippen molar-refractivity contribution in [2.24, 2.45) is 41.0 Å². The minimum Gasteiger partial charge on any atom is -0.444 e. The number of carbonyl (C=O) groups is 1. The number of rotatable bonds is 9. The first-order valence-electron chi connectivity index (χ1n) is 16.9. The zero-order chi connectivity index (χ0) is 44.3. The number of aromatic nitrogens is 4. The van der Waals surface area contributed by atoms with E-state index in [1.54, 1.807) is 20.8 Å². The number of piperidine rings is 2. The molecule has 2 saturated heterocycles. The molecule has 57 heavy (non-hydrogen) atoms. The third-order valence-corrected chi connectivity index (χ3v) is 13.8. The number of amides is 1. The molecule has 2 aliphatic rings. The topological polar surface area (TPSA) is 218 Å². The number of hydrogen-bond acceptors (Lipinski definition) is 12. The normalized spacial score (nSPS) is 18.4. The van der Waals surface area contributed by atoms with Crippen LogP contribution in [0, 0.1) is 17.4 Å². The molecule has 0 unspecified atom stereocenters. The van der Waals surface area contributed by atoms with Gasteiger partial charge in [0, 0.05) is 71.6 Å². The third-order valence-electron chi connectivity index (χ3n) is 8.81. The number of carbonyl (C=O) groups excluding carboxylic acids is 1. The Bertz CT molecular complexity index is 1860. The van der Waals surface area contributed by atoms with Crippen molar-refractivity contribution in [3.63, 3.8) is 0 Å². The van der Waals surface area contributed by atoms with Crippen LogP contribution in [0.15, 0.2) is 37.3 Å². The molecule has 2 N–H and O–H groups in total. The maximum atomic E-state index is 15.5. The van der Waals surface area contributed by atoms with Crippen LogP contribution in [0.25, 0.3) is 0 Å². The van der Waals surface area contributed by atoms with Crippen LogP contribution in [0.3, 0.4) is 0 Å². The Morgan fingerprint density at radius 2 is 1.18 bits per heavy atom. The molecule has 0 radical (unpaired) electrons. The van der Waals surface area contributed by atoms with Crippen molar-refractivity contribution in [3.05, 3.63) is 23.8 Å². The molecule has 0 spiro atoms. The first-order valence-corrected chi connectivity index (χ1v) is 20.5. The fourth-order valence-corrected chi connectivity index (χ4v) is 9.67. The molecule has 17 nitrogen and oxygen atoms in total. The Kier molecular flexibility index (Phi) is 19.3. The lowest BCUT2D eigenvalue weighted by molar-refractivity contribution is 0.0130. The van der Waals surface area contributed by atoms with Crippen molar-refractivity contribution in [3.8, 4) is 0 Å². The van der Waals surface area contributed by atoms with Crippen LogP contribution < -0.4 is 0 Å². The van der Waals surface area contributed by atoms with Gasteiger partial charge in [-0.25, -0.2) is 52.4 Å². The number of halogens is 8. The van der Waals surface area contributed by atoms with Gasteiger partial charge in [0.2, 0.25) is 29.7 Å². The Hall–Kier alpha value is -3.13. The number of nitrogens with one attached hydrogen (secondary N) is 1.